The van der Waals surface area contributed by atoms with Gasteiger partial charge >= 0.3 is 0 Å². The molecule has 3 heteroatoms. The van der Waals surface area contributed by atoms with Gasteiger partial charge < -0.3 is 8.98 Å². The summed E-state index contributed by atoms with van der Waals surface area (Å²) in [7, 11) is 2.01. The molecule has 0 spiro atoms. The topological polar surface area (TPSA) is 31.0 Å². The maximum atomic E-state index is 5.20. The third-order valence-electron chi connectivity index (χ3n) is 2.50. The molecule has 0 saturated heterocycles. The molecule has 0 aliphatic heterocycles. The minimum Gasteiger partial charge on any atom is -0.472 e. The molecule has 3 nitrogen and oxygen atoms in total. The lowest BCUT2D eigenvalue weighted by Crippen LogP contribution is -1.97. The van der Waals surface area contributed by atoms with Gasteiger partial charge in [0.25, 0.3) is 0 Å². The Hall–Kier alpha value is -1.51. The van der Waals surface area contributed by atoms with E-state index in [1.807, 2.05) is 36.7 Å². The minimum atomic E-state index is 0.899. The summed E-state index contributed by atoms with van der Waals surface area (Å²) in [6.45, 7) is 2.14. The number of rotatable bonds is 3. The van der Waals surface area contributed by atoms with Crippen molar-refractivity contribution in [2.45, 2.75) is 19.8 Å². The van der Waals surface area contributed by atoms with Crippen molar-refractivity contribution < 1.29 is 4.42 Å². The van der Waals surface area contributed by atoms with Crippen LogP contribution >= 0.6 is 0 Å². The van der Waals surface area contributed by atoms with E-state index in [9.17, 15) is 0 Å². The van der Waals surface area contributed by atoms with Crippen LogP contribution in [0.2, 0.25) is 0 Å². The highest BCUT2D eigenvalue weighted by atomic mass is 16.3. The van der Waals surface area contributed by atoms with Crippen molar-refractivity contribution in [2.24, 2.45) is 7.05 Å². The maximum absolute atomic E-state index is 5.20. The van der Waals surface area contributed by atoms with Gasteiger partial charge in [0.05, 0.1) is 18.9 Å². The Morgan fingerprint density at radius 3 is 2.79 bits per heavy atom. The highest BCUT2D eigenvalue weighted by Crippen LogP contribution is 2.15. The summed E-state index contributed by atoms with van der Waals surface area (Å²) in [4.78, 5) is 4.09. The molecule has 0 N–H and O–H groups in total. The number of aromatic nitrogens is 2. The Morgan fingerprint density at radius 2 is 2.14 bits per heavy atom. The Morgan fingerprint density at radius 1 is 1.36 bits per heavy atom. The van der Waals surface area contributed by atoms with Gasteiger partial charge in [-0.05, 0) is 17.5 Å². The van der Waals surface area contributed by atoms with E-state index in [4.69, 9.17) is 4.42 Å². The molecule has 74 valence electrons. The van der Waals surface area contributed by atoms with Crippen LogP contribution < -0.4 is 0 Å². The highest BCUT2D eigenvalue weighted by Gasteiger charge is 2.06. The molecule has 0 radical (unpaired) electrons. The number of furan rings is 1. The van der Waals surface area contributed by atoms with Crippen LogP contribution in [-0.2, 0) is 19.9 Å². The van der Waals surface area contributed by atoms with Gasteiger partial charge in [0.15, 0.2) is 0 Å². The number of hydrogen-bond donors (Lipinski definition) is 0. The first-order valence-electron chi connectivity index (χ1n) is 4.80. The first-order valence-corrected chi connectivity index (χ1v) is 4.80. The minimum absolute atomic E-state index is 0.899. The quantitative estimate of drug-likeness (QED) is 0.742. The van der Waals surface area contributed by atoms with Crippen LogP contribution in [0.3, 0.4) is 0 Å². The number of nitrogens with zero attached hydrogens (tertiary/aromatic N) is 2. The smallest absolute Gasteiger partial charge is 0.0945 e. The van der Waals surface area contributed by atoms with E-state index >= 15 is 0 Å². The molecular formula is C11H14N2O. The second kappa shape index (κ2) is 3.70. The van der Waals surface area contributed by atoms with Crippen LogP contribution in [-0.4, -0.2) is 9.55 Å². The zero-order valence-corrected chi connectivity index (χ0v) is 8.53. The molecule has 2 aromatic rings. The lowest BCUT2D eigenvalue weighted by atomic mass is 10.1. The summed E-state index contributed by atoms with van der Waals surface area (Å²) in [5.41, 5.74) is 3.75. The van der Waals surface area contributed by atoms with E-state index in [-0.39, 0.29) is 0 Å². The van der Waals surface area contributed by atoms with Crippen LogP contribution in [0.1, 0.15) is 23.7 Å². The van der Waals surface area contributed by atoms with E-state index < -0.39 is 0 Å². The Balaban J connectivity index is 2.22. The van der Waals surface area contributed by atoms with E-state index in [1.165, 1.54) is 16.8 Å². The fourth-order valence-electron chi connectivity index (χ4n) is 1.57. The Labute approximate surface area is 83.4 Å². The van der Waals surface area contributed by atoms with Crippen molar-refractivity contribution >= 4 is 0 Å². The Bertz CT molecular complexity index is 414. The second-order valence-electron chi connectivity index (χ2n) is 3.45. The highest BCUT2D eigenvalue weighted by molar-refractivity contribution is 5.25. The number of hydrogen-bond acceptors (Lipinski definition) is 2. The summed E-state index contributed by atoms with van der Waals surface area (Å²) >= 11 is 0. The second-order valence-corrected chi connectivity index (χ2v) is 3.45. The summed E-state index contributed by atoms with van der Waals surface area (Å²) in [6.07, 6.45) is 9.28. The largest absolute Gasteiger partial charge is 0.472 e. The molecule has 0 aliphatic carbocycles. The van der Waals surface area contributed by atoms with Crippen LogP contribution in [0.15, 0.2) is 29.5 Å². The van der Waals surface area contributed by atoms with Crippen molar-refractivity contribution in [1.29, 1.82) is 0 Å². The van der Waals surface area contributed by atoms with Gasteiger partial charge in [-0.15, -0.1) is 0 Å². The van der Waals surface area contributed by atoms with Gasteiger partial charge in [0.2, 0.25) is 0 Å². The lowest BCUT2D eigenvalue weighted by molar-refractivity contribution is 0.562. The monoisotopic (exact) mass is 190 g/mol. The van der Waals surface area contributed by atoms with Crippen LogP contribution in [0.5, 0.6) is 0 Å². The molecule has 2 rings (SSSR count). The Kier molecular flexibility index (Phi) is 2.39. The normalized spacial score (nSPS) is 10.7. The van der Waals surface area contributed by atoms with E-state index in [2.05, 4.69) is 11.9 Å². The molecule has 2 heterocycles. The van der Waals surface area contributed by atoms with Crippen molar-refractivity contribution in [2.75, 3.05) is 0 Å². The summed E-state index contributed by atoms with van der Waals surface area (Å²) in [5, 5.41) is 0. The van der Waals surface area contributed by atoms with Gasteiger partial charge in [-0.2, -0.15) is 0 Å². The van der Waals surface area contributed by atoms with E-state index in [0.29, 0.717) is 0 Å². The van der Waals surface area contributed by atoms with Crippen LogP contribution in [0.4, 0.5) is 0 Å². The fourth-order valence-corrected chi connectivity index (χ4v) is 1.57. The standard InChI is InChI=1S/C11H14N2O/c1-3-9-6-14-7-10(9)4-11-5-12-8-13(11)2/h5-8H,3-4H2,1-2H3. The molecule has 0 unspecified atom stereocenters. The summed E-state index contributed by atoms with van der Waals surface area (Å²) in [6, 6.07) is 0. The van der Waals surface area contributed by atoms with Crippen molar-refractivity contribution in [1.82, 2.24) is 9.55 Å². The predicted octanol–water partition coefficient (Wildman–Crippen LogP) is 2.17. The van der Waals surface area contributed by atoms with Gasteiger partial charge in [0.1, 0.15) is 0 Å². The summed E-state index contributed by atoms with van der Waals surface area (Å²) < 4.78 is 7.23. The molecule has 0 aromatic carbocycles. The third kappa shape index (κ3) is 1.58. The predicted molar refractivity (Wildman–Crippen MR) is 54.1 cm³/mol. The van der Waals surface area contributed by atoms with Crippen LogP contribution in [0, 0.1) is 0 Å². The van der Waals surface area contributed by atoms with Crippen LogP contribution in [0.25, 0.3) is 0 Å². The zero-order valence-electron chi connectivity index (χ0n) is 8.53. The fraction of sp³-hybridized carbons (Fsp3) is 0.364. The summed E-state index contributed by atoms with van der Waals surface area (Å²) in [5.74, 6) is 0. The van der Waals surface area contributed by atoms with Gasteiger partial charge in [0, 0.05) is 25.4 Å². The average Bonchev–Trinajstić information content (AvgIpc) is 2.77. The molecule has 0 aliphatic rings. The number of imidazole rings is 1. The van der Waals surface area contributed by atoms with Gasteiger partial charge in [-0.3, -0.25) is 0 Å². The average molecular weight is 190 g/mol. The van der Waals surface area contributed by atoms with Crippen molar-refractivity contribution in [3.63, 3.8) is 0 Å². The van der Waals surface area contributed by atoms with Crippen molar-refractivity contribution in [3.8, 4) is 0 Å². The maximum Gasteiger partial charge on any atom is 0.0945 e. The molecule has 0 atom stereocenters. The van der Waals surface area contributed by atoms with Gasteiger partial charge in [-0.1, -0.05) is 6.92 Å². The lowest BCUT2D eigenvalue weighted by Gasteiger charge is -2.01. The van der Waals surface area contributed by atoms with Gasteiger partial charge in [-0.25, -0.2) is 4.98 Å². The SMILES string of the molecule is CCc1cocc1Cc1cncn1C. The van der Waals surface area contributed by atoms with E-state index in [1.54, 1.807) is 0 Å². The first-order chi connectivity index (χ1) is 6.81. The third-order valence-corrected chi connectivity index (χ3v) is 2.50. The van der Waals surface area contributed by atoms with E-state index in [0.717, 1.165) is 12.8 Å². The molecule has 2 aromatic heterocycles. The molecular weight excluding hydrogens is 176 g/mol. The zero-order chi connectivity index (χ0) is 9.97. The molecule has 0 saturated carbocycles. The molecule has 0 bridgehead atoms. The molecule has 0 fully saturated rings. The molecule has 14 heavy (non-hydrogen) atoms. The number of aryl methyl sites for hydroxylation is 2. The first kappa shape index (κ1) is 9.06. The molecule has 0 amide bonds. The van der Waals surface area contributed by atoms with Crippen molar-refractivity contribution in [3.05, 3.63) is 41.9 Å².